The molecule has 0 radical (unpaired) electrons. The van der Waals surface area contributed by atoms with Gasteiger partial charge in [0.2, 0.25) is 0 Å². The molecular formula is C14H19N3O. The Morgan fingerprint density at radius 3 is 2.44 bits per heavy atom. The third kappa shape index (κ3) is 2.88. The van der Waals surface area contributed by atoms with Crippen molar-refractivity contribution in [3.8, 4) is 5.75 Å². The molecule has 0 saturated carbocycles. The Bertz CT molecular complexity index is 511. The second-order valence-corrected chi connectivity index (χ2v) is 4.83. The number of hydrogen-bond acceptors (Lipinski definition) is 3. The lowest BCUT2D eigenvalue weighted by molar-refractivity contribution is 0.282. The molecule has 0 atom stereocenters. The molecule has 1 aromatic heterocycles. The van der Waals surface area contributed by atoms with Crippen LogP contribution in [0.5, 0.6) is 5.75 Å². The summed E-state index contributed by atoms with van der Waals surface area (Å²) < 4.78 is 7.66. The van der Waals surface area contributed by atoms with Gasteiger partial charge < -0.3 is 4.74 Å². The van der Waals surface area contributed by atoms with Crippen LogP contribution in [0.4, 0.5) is 0 Å². The molecular weight excluding hydrogens is 226 g/mol. The normalized spacial score (nSPS) is 10.9. The fraction of sp³-hybridized carbons (Fsp3) is 0.429. The van der Waals surface area contributed by atoms with Crippen molar-refractivity contribution in [2.75, 3.05) is 0 Å². The summed E-state index contributed by atoms with van der Waals surface area (Å²) in [6.45, 7) is 8.73. The van der Waals surface area contributed by atoms with E-state index in [1.54, 1.807) is 6.33 Å². The minimum atomic E-state index is 0.297. The zero-order valence-electron chi connectivity index (χ0n) is 11.3. The molecule has 0 aliphatic heterocycles. The maximum Gasteiger partial charge on any atom is 0.165 e. The van der Waals surface area contributed by atoms with Gasteiger partial charge in [0.05, 0.1) is 0 Å². The highest BCUT2D eigenvalue weighted by Crippen LogP contribution is 2.17. The lowest BCUT2D eigenvalue weighted by atomic mass is 10.1. The van der Waals surface area contributed by atoms with Crippen LogP contribution in [0.3, 0.4) is 0 Å². The summed E-state index contributed by atoms with van der Waals surface area (Å²) in [5, 5.41) is 4.19. The second kappa shape index (κ2) is 5.21. The molecule has 0 saturated heterocycles. The number of aromatic nitrogens is 3. The first-order valence-corrected chi connectivity index (χ1v) is 6.15. The molecule has 1 heterocycles. The Hall–Kier alpha value is -1.84. The Morgan fingerprint density at radius 1 is 1.17 bits per heavy atom. The second-order valence-electron chi connectivity index (χ2n) is 4.83. The van der Waals surface area contributed by atoms with Gasteiger partial charge in [-0.1, -0.05) is 6.07 Å². The van der Waals surface area contributed by atoms with E-state index in [1.807, 2.05) is 16.8 Å². The van der Waals surface area contributed by atoms with Crippen LogP contribution < -0.4 is 4.74 Å². The van der Waals surface area contributed by atoms with Crippen LogP contribution in [-0.2, 0) is 6.61 Å². The Kier molecular flexibility index (Phi) is 3.65. The molecule has 96 valence electrons. The standard InChI is InChI=1S/C14H19N3O/c1-10(2)17-14(15-9-16-17)8-18-13-6-11(3)5-12(4)7-13/h5-7,9-10H,8H2,1-4H3. The topological polar surface area (TPSA) is 39.9 Å². The van der Waals surface area contributed by atoms with E-state index in [1.165, 1.54) is 11.1 Å². The van der Waals surface area contributed by atoms with E-state index in [2.05, 4.69) is 43.8 Å². The first kappa shape index (κ1) is 12.6. The predicted octanol–water partition coefficient (Wildman–Crippen LogP) is 3.05. The zero-order valence-corrected chi connectivity index (χ0v) is 11.3. The fourth-order valence-corrected chi connectivity index (χ4v) is 1.97. The smallest absolute Gasteiger partial charge is 0.165 e. The molecule has 18 heavy (non-hydrogen) atoms. The molecule has 0 fully saturated rings. The van der Waals surface area contributed by atoms with Crippen molar-refractivity contribution < 1.29 is 4.74 Å². The van der Waals surface area contributed by atoms with Crippen LogP contribution in [0.25, 0.3) is 0 Å². The van der Waals surface area contributed by atoms with Gasteiger partial charge in [-0.15, -0.1) is 0 Å². The zero-order chi connectivity index (χ0) is 13.1. The van der Waals surface area contributed by atoms with E-state index >= 15 is 0 Å². The van der Waals surface area contributed by atoms with Crippen molar-refractivity contribution in [3.05, 3.63) is 41.5 Å². The average Bonchev–Trinajstić information content (AvgIpc) is 2.73. The minimum Gasteiger partial charge on any atom is -0.486 e. The van der Waals surface area contributed by atoms with E-state index in [-0.39, 0.29) is 0 Å². The van der Waals surface area contributed by atoms with Gasteiger partial charge in [0.15, 0.2) is 5.82 Å². The van der Waals surface area contributed by atoms with Gasteiger partial charge in [0, 0.05) is 6.04 Å². The summed E-state index contributed by atoms with van der Waals surface area (Å²) in [6.07, 6.45) is 1.57. The van der Waals surface area contributed by atoms with Crippen molar-refractivity contribution in [2.24, 2.45) is 0 Å². The van der Waals surface area contributed by atoms with Gasteiger partial charge in [-0.25, -0.2) is 9.67 Å². The van der Waals surface area contributed by atoms with Gasteiger partial charge in [-0.05, 0) is 51.0 Å². The lowest BCUT2D eigenvalue weighted by Crippen LogP contribution is -2.10. The highest BCUT2D eigenvalue weighted by Gasteiger charge is 2.08. The van der Waals surface area contributed by atoms with Crippen LogP contribution in [0.15, 0.2) is 24.5 Å². The Labute approximate surface area is 108 Å². The van der Waals surface area contributed by atoms with Crippen LogP contribution in [0.2, 0.25) is 0 Å². The molecule has 2 aromatic rings. The quantitative estimate of drug-likeness (QED) is 0.831. The maximum atomic E-state index is 5.78. The minimum absolute atomic E-state index is 0.297. The summed E-state index contributed by atoms with van der Waals surface area (Å²) in [5.41, 5.74) is 2.41. The Morgan fingerprint density at radius 2 is 1.83 bits per heavy atom. The molecule has 4 nitrogen and oxygen atoms in total. The fourth-order valence-electron chi connectivity index (χ4n) is 1.97. The molecule has 0 amide bonds. The number of benzene rings is 1. The molecule has 0 N–H and O–H groups in total. The number of hydrogen-bond donors (Lipinski definition) is 0. The molecule has 1 aromatic carbocycles. The van der Waals surface area contributed by atoms with Crippen molar-refractivity contribution in [1.82, 2.24) is 14.8 Å². The molecule has 0 aliphatic carbocycles. The third-order valence-electron chi connectivity index (χ3n) is 2.70. The molecule has 0 bridgehead atoms. The molecule has 0 spiro atoms. The van der Waals surface area contributed by atoms with Crippen LogP contribution in [0, 0.1) is 13.8 Å². The van der Waals surface area contributed by atoms with Crippen LogP contribution in [0.1, 0.15) is 36.8 Å². The van der Waals surface area contributed by atoms with E-state index in [0.717, 1.165) is 11.6 Å². The first-order chi connectivity index (χ1) is 8.56. The lowest BCUT2D eigenvalue weighted by Gasteiger charge is -2.11. The molecule has 4 heteroatoms. The van der Waals surface area contributed by atoms with Crippen molar-refractivity contribution in [1.29, 1.82) is 0 Å². The summed E-state index contributed by atoms with van der Waals surface area (Å²) in [7, 11) is 0. The van der Waals surface area contributed by atoms with E-state index in [0.29, 0.717) is 12.6 Å². The van der Waals surface area contributed by atoms with Crippen molar-refractivity contribution >= 4 is 0 Å². The van der Waals surface area contributed by atoms with Crippen molar-refractivity contribution in [2.45, 2.75) is 40.3 Å². The molecule has 2 rings (SSSR count). The van der Waals surface area contributed by atoms with E-state index in [9.17, 15) is 0 Å². The van der Waals surface area contributed by atoms with E-state index in [4.69, 9.17) is 4.74 Å². The number of ether oxygens (including phenoxy) is 1. The van der Waals surface area contributed by atoms with Crippen LogP contribution >= 0.6 is 0 Å². The highest BCUT2D eigenvalue weighted by molar-refractivity contribution is 5.33. The third-order valence-corrected chi connectivity index (χ3v) is 2.70. The highest BCUT2D eigenvalue weighted by atomic mass is 16.5. The van der Waals surface area contributed by atoms with Crippen molar-refractivity contribution in [3.63, 3.8) is 0 Å². The summed E-state index contributed by atoms with van der Waals surface area (Å²) in [4.78, 5) is 4.22. The first-order valence-electron chi connectivity index (χ1n) is 6.15. The number of aryl methyl sites for hydroxylation is 2. The van der Waals surface area contributed by atoms with Gasteiger partial charge >= 0.3 is 0 Å². The summed E-state index contributed by atoms with van der Waals surface area (Å²) in [6, 6.07) is 6.49. The number of rotatable bonds is 4. The summed E-state index contributed by atoms with van der Waals surface area (Å²) >= 11 is 0. The van der Waals surface area contributed by atoms with Gasteiger partial charge in [0.1, 0.15) is 18.7 Å². The summed E-state index contributed by atoms with van der Waals surface area (Å²) in [5.74, 6) is 1.73. The monoisotopic (exact) mass is 245 g/mol. The molecule has 0 aliphatic rings. The van der Waals surface area contributed by atoms with Crippen LogP contribution in [-0.4, -0.2) is 14.8 Å². The van der Waals surface area contributed by atoms with E-state index < -0.39 is 0 Å². The van der Waals surface area contributed by atoms with Gasteiger partial charge in [-0.3, -0.25) is 0 Å². The van der Waals surface area contributed by atoms with Gasteiger partial charge in [0.25, 0.3) is 0 Å². The average molecular weight is 245 g/mol. The maximum absolute atomic E-state index is 5.78. The largest absolute Gasteiger partial charge is 0.486 e. The van der Waals surface area contributed by atoms with Gasteiger partial charge in [-0.2, -0.15) is 5.10 Å². The Balaban J connectivity index is 2.09. The predicted molar refractivity (Wildman–Crippen MR) is 70.7 cm³/mol. The number of nitrogens with zero attached hydrogens (tertiary/aromatic N) is 3. The SMILES string of the molecule is Cc1cc(C)cc(OCc2ncnn2C(C)C)c1. The molecule has 0 unspecified atom stereocenters.